The Bertz CT molecular complexity index is 750. The second-order valence-corrected chi connectivity index (χ2v) is 6.26. The van der Waals surface area contributed by atoms with E-state index in [1.165, 1.54) is 5.56 Å². The van der Waals surface area contributed by atoms with Gasteiger partial charge >= 0.3 is 5.97 Å². The molecule has 25 heavy (non-hydrogen) atoms. The van der Waals surface area contributed by atoms with Gasteiger partial charge in [0.15, 0.2) is 6.61 Å². The normalized spacial score (nSPS) is 11.7. The van der Waals surface area contributed by atoms with E-state index in [9.17, 15) is 9.59 Å². The highest BCUT2D eigenvalue weighted by atomic mass is 16.5. The van der Waals surface area contributed by atoms with Gasteiger partial charge in [-0.2, -0.15) is 0 Å². The van der Waals surface area contributed by atoms with Crippen LogP contribution >= 0.6 is 0 Å². The van der Waals surface area contributed by atoms with Crippen molar-refractivity contribution >= 4 is 11.9 Å². The van der Waals surface area contributed by atoms with Crippen molar-refractivity contribution in [2.45, 2.75) is 40.2 Å². The average Bonchev–Trinajstić information content (AvgIpc) is 2.61. The fourth-order valence-electron chi connectivity index (χ4n) is 2.64. The minimum absolute atomic E-state index is 0.0903. The Labute approximate surface area is 149 Å². The zero-order chi connectivity index (χ0) is 18.4. The zero-order valence-corrected chi connectivity index (χ0v) is 15.3. The summed E-state index contributed by atoms with van der Waals surface area (Å²) in [6.07, 6.45) is 0.764. The van der Waals surface area contributed by atoms with Gasteiger partial charge < -0.3 is 10.1 Å². The molecule has 0 spiro atoms. The van der Waals surface area contributed by atoms with Crippen molar-refractivity contribution in [1.29, 1.82) is 0 Å². The molecule has 0 radical (unpaired) electrons. The molecule has 0 saturated carbocycles. The molecule has 0 bridgehead atoms. The van der Waals surface area contributed by atoms with Crippen molar-refractivity contribution in [3.8, 4) is 0 Å². The quantitative estimate of drug-likeness (QED) is 0.808. The molecule has 2 aromatic carbocycles. The van der Waals surface area contributed by atoms with Crippen LogP contribution in [0.2, 0.25) is 0 Å². The van der Waals surface area contributed by atoms with Crippen LogP contribution in [-0.4, -0.2) is 18.5 Å². The molecule has 132 valence electrons. The predicted molar refractivity (Wildman–Crippen MR) is 98.6 cm³/mol. The van der Waals surface area contributed by atoms with Crippen molar-refractivity contribution < 1.29 is 14.3 Å². The summed E-state index contributed by atoms with van der Waals surface area (Å²) in [7, 11) is 0. The van der Waals surface area contributed by atoms with E-state index in [4.69, 9.17) is 4.74 Å². The Morgan fingerprint density at radius 2 is 1.72 bits per heavy atom. The molecule has 2 rings (SSSR count). The highest BCUT2D eigenvalue weighted by molar-refractivity contribution is 5.93. The molecule has 2 aromatic rings. The molecule has 1 N–H and O–H groups in total. The average molecular weight is 339 g/mol. The Balaban J connectivity index is 1.94. The lowest BCUT2D eigenvalue weighted by atomic mass is 10.0. The molecule has 0 heterocycles. The molecule has 0 saturated heterocycles. The summed E-state index contributed by atoms with van der Waals surface area (Å²) in [5, 5.41) is 2.92. The SMILES string of the molecule is CC[C@H](NC(=O)COC(=O)c1cccc(C)c1C)c1ccc(C)cc1. The van der Waals surface area contributed by atoms with Crippen LogP contribution in [0.15, 0.2) is 42.5 Å². The van der Waals surface area contributed by atoms with Crippen molar-refractivity contribution in [3.05, 3.63) is 70.3 Å². The second-order valence-electron chi connectivity index (χ2n) is 6.26. The van der Waals surface area contributed by atoms with Gasteiger partial charge in [-0.1, -0.05) is 48.9 Å². The molecular formula is C21H25NO3. The van der Waals surface area contributed by atoms with Crippen LogP contribution in [0.3, 0.4) is 0 Å². The first-order chi connectivity index (χ1) is 11.9. The smallest absolute Gasteiger partial charge is 0.338 e. The fraction of sp³-hybridized carbons (Fsp3) is 0.333. The third-order valence-corrected chi connectivity index (χ3v) is 4.38. The predicted octanol–water partition coefficient (Wildman–Crippen LogP) is 4.04. The number of esters is 1. The summed E-state index contributed by atoms with van der Waals surface area (Å²) >= 11 is 0. The van der Waals surface area contributed by atoms with Crippen LogP contribution in [0, 0.1) is 20.8 Å². The zero-order valence-electron chi connectivity index (χ0n) is 15.3. The maximum absolute atomic E-state index is 12.2. The number of carbonyl (C=O) groups excluding carboxylic acids is 2. The van der Waals surface area contributed by atoms with E-state index in [0.29, 0.717) is 5.56 Å². The minimum atomic E-state index is -0.472. The van der Waals surface area contributed by atoms with Crippen LogP contribution in [0.5, 0.6) is 0 Å². The summed E-state index contributed by atoms with van der Waals surface area (Å²) < 4.78 is 5.18. The molecule has 0 aliphatic rings. The Morgan fingerprint density at radius 1 is 1.04 bits per heavy atom. The molecule has 4 heteroatoms. The molecular weight excluding hydrogens is 314 g/mol. The maximum Gasteiger partial charge on any atom is 0.338 e. The fourth-order valence-corrected chi connectivity index (χ4v) is 2.64. The van der Waals surface area contributed by atoms with E-state index in [0.717, 1.165) is 23.1 Å². The van der Waals surface area contributed by atoms with Gasteiger partial charge in [0.25, 0.3) is 5.91 Å². The van der Waals surface area contributed by atoms with Gasteiger partial charge in [-0.3, -0.25) is 4.79 Å². The minimum Gasteiger partial charge on any atom is -0.452 e. The largest absolute Gasteiger partial charge is 0.452 e. The summed E-state index contributed by atoms with van der Waals surface area (Å²) in [4.78, 5) is 24.3. The highest BCUT2D eigenvalue weighted by Crippen LogP contribution is 2.17. The molecule has 1 atom stereocenters. The summed E-state index contributed by atoms with van der Waals surface area (Å²) in [5.74, 6) is -0.772. The van der Waals surface area contributed by atoms with Crippen molar-refractivity contribution in [1.82, 2.24) is 5.32 Å². The first kappa shape index (κ1) is 18.7. The number of nitrogens with one attached hydrogen (secondary N) is 1. The van der Waals surface area contributed by atoms with E-state index >= 15 is 0 Å². The van der Waals surface area contributed by atoms with Crippen molar-refractivity contribution in [2.24, 2.45) is 0 Å². The van der Waals surface area contributed by atoms with Crippen LogP contribution in [0.4, 0.5) is 0 Å². The van der Waals surface area contributed by atoms with E-state index in [2.05, 4.69) is 5.32 Å². The third-order valence-electron chi connectivity index (χ3n) is 4.38. The van der Waals surface area contributed by atoms with Gasteiger partial charge in [0.05, 0.1) is 11.6 Å². The Kier molecular flexibility index (Phi) is 6.34. The first-order valence-electron chi connectivity index (χ1n) is 8.51. The number of hydrogen-bond donors (Lipinski definition) is 1. The lowest BCUT2D eigenvalue weighted by molar-refractivity contribution is -0.125. The van der Waals surface area contributed by atoms with E-state index in [1.54, 1.807) is 6.07 Å². The van der Waals surface area contributed by atoms with Crippen molar-refractivity contribution in [2.75, 3.05) is 6.61 Å². The monoisotopic (exact) mass is 339 g/mol. The van der Waals surface area contributed by atoms with E-state index < -0.39 is 5.97 Å². The van der Waals surface area contributed by atoms with Crippen LogP contribution in [-0.2, 0) is 9.53 Å². The van der Waals surface area contributed by atoms with Gasteiger partial charge in [0.2, 0.25) is 0 Å². The first-order valence-corrected chi connectivity index (χ1v) is 8.51. The van der Waals surface area contributed by atoms with Gasteiger partial charge in [-0.25, -0.2) is 4.79 Å². The molecule has 0 unspecified atom stereocenters. The van der Waals surface area contributed by atoms with Crippen molar-refractivity contribution in [3.63, 3.8) is 0 Å². The topological polar surface area (TPSA) is 55.4 Å². The highest BCUT2D eigenvalue weighted by Gasteiger charge is 2.16. The van der Waals surface area contributed by atoms with Crippen LogP contribution in [0.1, 0.15) is 52.0 Å². The van der Waals surface area contributed by atoms with Gasteiger partial charge in [-0.15, -0.1) is 0 Å². The second kappa shape index (κ2) is 8.47. The molecule has 0 aromatic heterocycles. The molecule has 0 fully saturated rings. The van der Waals surface area contributed by atoms with E-state index in [1.807, 2.05) is 64.1 Å². The number of hydrogen-bond acceptors (Lipinski definition) is 3. The molecule has 0 aliphatic carbocycles. The lowest BCUT2D eigenvalue weighted by Gasteiger charge is -2.18. The standard InChI is InChI=1S/C21H25NO3/c1-5-19(17-11-9-14(2)10-12-17)22-20(23)13-25-21(24)18-8-6-7-15(3)16(18)4/h6-12,19H,5,13H2,1-4H3,(H,22,23)/t19-/m0/s1. The number of rotatable bonds is 6. The number of benzene rings is 2. The number of ether oxygens (including phenoxy) is 1. The van der Waals surface area contributed by atoms with Crippen LogP contribution < -0.4 is 5.32 Å². The summed E-state index contributed by atoms with van der Waals surface area (Å²) in [5.41, 5.74) is 4.61. The summed E-state index contributed by atoms with van der Waals surface area (Å²) in [6.45, 7) is 7.56. The third kappa shape index (κ3) is 4.92. The molecule has 1 amide bonds. The molecule has 0 aliphatic heterocycles. The van der Waals surface area contributed by atoms with E-state index in [-0.39, 0.29) is 18.6 Å². The van der Waals surface area contributed by atoms with Gasteiger partial charge in [-0.05, 0) is 49.9 Å². The lowest BCUT2D eigenvalue weighted by Crippen LogP contribution is -2.32. The summed E-state index contributed by atoms with van der Waals surface area (Å²) in [6, 6.07) is 13.4. The Hall–Kier alpha value is -2.62. The van der Waals surface area contributed by atoms with Crippen LogP contribution in [0.25, 0.3) is 0 Å². The maximum atomic E-state index is 12.2. The molecule has 4 nitrogen and oxygen atoms in total. The van der Waals surface area contributed by atoms with Gasteiger partial charge in [0.1, 0.15) is 0 Å². The number of aryl methyl sites for hydroxylation is 2. The number of amides is 1. The van der Waals surface area contributed by atoms with Gasteiger partial charge in [0, 0.05) is 0 Å². The number of carbonyl (C=O) groups is 2. The Morgan fingerprint density at radius 3 is 2.36 bits per heavy atom.